The Labute approximate surface area is 119 Å². The van der Waals surface area contributed by atoms with Gasteiger partial charge in [-0.25, -0.2) is 4.68 Å². The van der Waals surface area contributed by atoms with Crippen molar-refractivity contribution < 1.29 is 9.31 Å². The smallest absolute Gasteiger partial charge is 0.305 e. The predicted octanol–water partition coefficient (Wildman–Crippen LogP) is 1.63. The van der Waals surface area contributed by atoms with Gasteiger partial charge in [0.1, 0.15) is 0 Å². The maximum absolute atomic E-state index is 14.0. The van der Waals surface area contributed by atoms with Crippen molar-refractivity contribution in [1.29, 1.82) is 0 Å². The quantitative estimate of drug-likeness (QED) is 0.645. The molecule has 110 valence electrons. The first kappa shape index (κ1) is 13.6. The zero-order valence-electron chi connectivity index (χ0n) is 11.2. The van der Waals surface area contributed by atoms with E-state index < -0.39 is 16.4 Å². The summed E-state index contributed by atoms with van der Waals surface area (Å²) in [5, 5.41) is 21.9. The summed E-state index contributed by atoms with van der Waals surface area (Å²) in [7, 11) is 0. The Morgan fingerprint density at radius 1 is 1.48 bits per heavy atom. The van der Waals surface area contributed by atoms with Gasteiger partial charge in [-0.2, -0.15) is 4.39 Å². The van der Waals surface area contributed by atoms with E-state index in [2.05, 4.69) is 15.6 Å². The lowest BCUT2D eigenvalue weighted by Gasteiger charge is -2.03. The molecule has 7 nitrogen and oxygen atoms in total. The van der Waals surface area contributed by atoms with Gasteiger partial charge in [-0.1, -0.05) is 17.3 Å². The molecule has 1 saturated carbocycles. The van der Waals surface area contributed by atoms with Gasteiger partial charge in [-0.05, 0) is 12.8 Å². The van der Waals surface area contributed by atoms with Gasteiger partial charge >= 0.3 is 5.69 Å². The number of hydrogen-bond acceptors (Lipinski definition) is 5. The van der Waals surface area contributed by atoms with Crippen molar-refractivity contribution in [3.05, 3.63) is 51.6 Å². The third kappa shape index (κ3) is 3.22. The van der Waals surface area contributed by atoms with Gasteiger partial charge in [-0.3, -0.25) is 10.1 Å². The van der Waals surface area contributed by atoms with Crippen molar-refractivity contribution in [2.75, 3.05) is 0 Å². The van der Waals surface area contributed by atoms with Crippen LogP contribution in [-0.2, 0) is 13.1 Å². The molecule has 21 heavy (non-hydrogen) atoms. The summed E-state index contributed by atoms with van der Waals surface area (Å²) in [5.74, 6) is -0.823. The molecular weight excluding hydrogens is 277 g/mol. The van der Waals surface area contributed by atoms with Crippen LogP contribution in [0.15, 0.2) is 24.4 Å². The van der Waals surface area contributed by atoms with Crippen molar-refractivity contribution >= 4 is 5.69 Å². The van der Waals surface area contributed by atoms with E-state index in [1.54, 1.807) is 6.20 Å². The topological polar surface area (TPSA) is 85.9 Å². The number of hydrogen-bond donors (Lipinski definition) is 1. The van der Waals surface area contributed by atoms with Crippen molar-refractivity contribution in [3.63, 3.8) is 0 Å². The Morgan fingerprint density at radius 3 is 3.00 bits per heavy atom. The predicted molar refractivity (Wildman–Crippen MR) is 72.0 cm³/mol. The standard InChI is InChI=1S/C13H14FN5O2/c14-13-9(2-1-3-12(13)19(20)21)7-18-8-11(16-17-18)6-15-10-4-5-10/h1-3,8,10,15H,4-7H2. The van der Waals surface area contributed by atoms with Crippen molar-refractivity contribution in [2.45, 2.75) is 32.0 Å². The van der Waals surface area contributed by atoms with Crippen LogP contribution in [0.3, 0.4) is 0 Å². The number of aromatic nitrogens is 3. The largest absolute Gasteiger partial charge is 0.308 e. The van der Waals surface area contributed by atoms with Gasteiger partial charge in [0.15, 0.2) is 0 Å². The Balaban J connectivity index is 1.71. The SMILES string of the molecule is O=[N+]([O-])c1cccc(Cn2cc(CNC3CC3)nn2)c1F. The van der Waals surface area contributed by atoms with E-state index in [4.69, 9.17) is 0 Å². The van der Waals surface area contributed by atoms with Crippen molar-refractivity contribution in [3.8, 4) is 0 Å². The fraction of sp³-hybridized carbons (Fsp3) is 0.385. The second-order valence-corrected chi connectivity index (χ2v) is 5.07. The van der Waals surface area contributed by atoms with E-state index in [1.807, 2.05) is 0 Å². The molecule has 0 bridgehead atoms. The third-order valence-corrected chi connectivity index (χ3v) is 3.32. The molecule has 1 fully saturated rings. The van der Waals surface area contributed by atoms with Crippen LogP contribution in [0, 0.1) is 15.9 Å². The second kappa shape index (κ2) is 5.57. The third-order valence-electron chi connectivity index (χ3n) is 3.32. The average molecular weight is 291 g/mol. The summed E-state index contributed by atoms with van der Waals surface area (Å²) in [6.45, 7) is 0.742. The van der Waals surface area contributed by atoms with Gasteiger partial charge in [0.25, 0.3) is 0 Å². The summed E-state index contributed by atoms with van der Waals surface area (Å²) in [6, 6.07) is 4.68. The minimum Gasteiger partial charge on any atom is -0.308 e. The summed E-state index contributed by atoms with van der Waals surface area (Å²) < 4.78 is 15.4. The van der Waals surface area contributed by atoms with Crippen LogP contribution in [0.25, 0.3) is 0 Å². The Morgan fingerprint density at radius 2 is 2.29 bits per heavy atom. The molecule has 1 aromatic carbocycles. The zero-order valence-corrected chi connectivity index (χ0v) is 11.2. The first-order valence-electron chi connectivity index (χ1n) is 6.67. The Kier molecular flexibility index (Phi) is 3.61. The fourth-order valence-electron chi connectivity index (χ4n) is 2.04. The van der Waals surface area contributed by atoms with E-state index in [9.17, 15) is 14.5 Å². The highest BCUT2D eigenvalue weighted by Crippen LogP contribution is 2.21. The van der Waals surface area contributed by atoms with Crippen LogP contribution in [-0.4, -0.2) is 26.0 Å². The van der Waals surface area contributed by atoms with Gasteiger partial charge in [-0.15, -0.1) is 5.10 Å². The van der Waals surface area contributed by atoms with Crippen molar-refractivity contribution in [2.24, 2.45) is 0 Å². The number of benzene rings is 1. The number of rotatable bonds is 6. The monoisotopic (exact) mass is 291 g/mol. The highest BCUT2D eigenvalue weighted by Gasteiger charge is 2.21. The summed E-state index contributed by atoms with van der Waals surface area (Å²) >= 11 is 0. The molecule has 0 amide bonds. The number of nitro benzene ring substituents is 1. The molecule has 0 radical (unpaired) electrons. The van der Waals surface area contributed by atoms with Crippen LogP contribution in [0.4, 0.5) is 10.1 Å². The summed E-state index contributed by atoms with van der Waals surface area (Å²) in [5.41, 5.74) is 0.465. The van der Waals surface area contributed by atoms with E-state index in [0.717, 1.165) is 11.8 Å². The van der Waals surface area contributed by atoms with Crippen LogP contribution in [0.1, 0.15) is 24.1 Å². The van der Waals surface area contributed by atoms with Crippen LogP contribution in [0.5, 0.6) is 0 Å². The highest BCUT2D eigenvalue weighted by atomic mass is 19.1. The van der Waals surface area contributed by atoms with Crippen LogP contribution < -0.4 is 5.32 Å². The molecular formula is C13H14FN5O2. The lowest BCUT2D eigenvalue weighted by molar-refractivity contribution is -0.387. The minimum atomic E-state index is -0.823. The second-order valence-electron chi connectivity index (χ2n) is 5.07. The lowest BCUT2D eigenvalue weighted by atomic mass is 10.2. The fourth-order valence-corrected chi connectivity index (χ4v) is 2.04. The van der Waals surface area contributed by atoms with Crippen molar-refractivity contribution in [1.82, 2.24) is 20.3 Å². The highest BCUT2D eigenvalue weighted by molar-refractivity contribution is 5.36. The molecule has 1 aliphatic rings. The van der Waals surface area contributed by atoms with E-state index >= 15 is 0 Å². The molecule has 8 heteroatoms. The molecule has 0 aliphatic heterocycles. The van der Waals surface area contributed by atoms with Crippen LogP contribution in [0.2, 0.25) is 0 Å². The molecule has 1 aromatic heterocycles. The average Bonchev–Trinajstić information content (AvgIpc) is 3.18. The Hall–Kier alpha value is -2.35. The minimum absolute atomic E-state index is 0.115. The van der Waals surface area contributed by atoms with Gasteiger partial charge < -0.3 is 5.32 Å². The maximum Gasteiger partial charge on any atom is 0.305 e. The number of halogens is 1. The van der Waals surface area contributed by atoms with Gasteiger partial charge in [0.2, 0.25) is 5.82 Å². The normalized spacial score (nSPS) is 14.3. The number of nitrogens with one attached hydrogen (secondary N) is 1. The molecule has 0 atom stereocenters. The molecule has 1 aliphatic carbocycles. The summed E-state index contributed by atoms with van der Waals surface area (Å²) in [4.78, 5) is 9.98. The number of nitro groups is 1. The zero-order chi connectivity index (χ0) is 14.8. The van der Waals surface area contributed by atoms with Crippen LogP contribution >= 0.6 is 0 Å². The molecule has 1 heterocycles. The summed E-state index contributed by atoms with van der Waals surface area (Å²) in [6.07, 6.45) is 4.09. The number of nitrogens with zero attached hydrogens (tertiary/aromatic N) is 4. The first-order valence-corrected chi connectivity index (χ1v) is 6.67. The molecule has 0 spiro atoms. The first-order chi connectivity index (χ1) is 10.1. The molecule has 3 rings (SSSR count). The molecule has 0 saturated heterocycles. The van der Waals surface area contributed by atoms with E-state index in [-0.39, 0.29) is 12.1 Å². The molecule has 1 N–H and O–H groups in total. The van der Waals surface area contributed by atoms with E-state index in [1.165, 1.54) is 29.7 Å². The van der Waals surface area contributed by atoms with Gasteiger partial charge in [0, 0.05) is 24.2 Å². The molecule has 2 aromatic rings. The Bertz CT molecular complexity index is 668. The lowest BCUT2D eigenvalue weighted by Crippen LogP contribution is -2.15. The molecule has 0 unspecified atom stereocenters. The van der Waals surface area contributed by atoms with Gasteiger partial charge in [0.05, 0.1) is 23.4 Å². The van der Waals surface area contributed by atoms with E-state index in [0.29, 0.717) is 12.6 Å². The maximum atomic E-state index is 14.0.